The number of carboxylic acid groups (broad SMARTS) is 1. The van der Waals surface area contributed by atoms with Crippen molar-refractivity contribution in [2.45, 2.75) is 0 Å². The molecule has 1 aromatic heterocycles. The maximum absolute atomic E-state index is 10.7. The first kappa shape index (κ1) is 11.0. The zero-order valence-electron chi connectivity index (χ0n) is 7.87. The molecule has 0 aliphatic rings. The van der Waals surface area contributed by atoms with Gasteiger partial charge in [0.2, 0.25) is 0 Å². The van der Waals surface area contributed by atoms with E-state index in [1.807, 2.05) is 0 Å². The topological polar surface area (TPSA) is 66.0 Å². The van der Waals surface area contributed by atoms with E-state index in [9.17, 15) is 4.79 Å². The lowest BCUT2D eigenvalue weighted by atomic mass is 10.2. The highest BCUT2D eigenvalue weighted by molar-refractivity contribution is 6.38. The smallest absolute Gasteiger partial charge is 0.353 e. The molecule has 2 aromatic rings. The molecule has 16 heavy (non-hydrogen) atoms. The molecule has 4 nitrogen and oxygen atoms in total. The third-order valence-electron chi connectivity index (χ3n) is 2.01. The van der Waals surface area contributed by atoms with E-state index in [1.54, 1.807) is 18.2 Å². The van der Waals surface area contributed by atoms with E-state index >= 15 is 0 Å². The zero-order valence-corrected chi connectivity index (χ0v) is 9.38. The Kier molecular flexibility index (Phi) is 2.85. The van der Waals surface area contributed by atoms with Gasteiger partial charge in [0.1, 0.15) is 11.5 Å². The molecule has 0 aliphatic heterocycles. The van der Waals surface area contributed by atoms with E-state index in [0.717, 1.165) is 0 Å². The van der Waals surface area contributed by atoms with Crippen LogP contribution in [0.3, 0.4) is 0 Å². The Hall–Kier alpha value is -1.52. The number of benzene rings is 1. The average molecular weight is 257 g/mol. The molecule has 0 amide bonds. The molecule has 0 unspecified atom stereocenters. The number of rotatable bonds is 2. The van der Waals surface area contributed by atoms with Gasteiger partial charge >= 0.3 is 5.97 Å². The maximum Gasteiger partial charge on any atom is 0.353 e. The fourth-order valence-electron chi connectivity index (χ4n) is 1.28. The average Bonchev–Trinajstić information content (AvgIpc) is 2.66. The second-order valence-electron chi connectivity index (χ2n) is 3.05. The second kappa shape index (κ2) is 4.15. The molecule has 0 aliphatic carbocycles. The van der Waals surface area contributed by atoms with Crippen molar-refractivity contribution in [3.8, 4) is 11.4 Å². The number of aromatic amines is 1. The first-order valence-corrected chi connectivity index (χ1v) is 5.08. The number of hydrogen-bond acceptors (Lipinski definition) is 2. The number of carbonyl (C=O) groups is 1. The SMILES string of the molecule is O=C(O)c1cnc(-c2c(Cl)cccc2Cl)[nH]1. The third kappa shape index (κ3) is 1.89. The van der Waals surface area contributed by atoms with Crippen molar-refractivity contribution in [2.24, 2.45) is 0 Å². The molecular weight excluding hydrogens is 251 g/mol. The minimum atomic E-state index is -1.08. The first-order chi connectivity index (χ1) is 7.59. The third-order valence-corrected chi connectivity index (χ3v) is 2.64. The summed E-state index contributed by atoms with van der Waals surface area (Å²) >= 11 is 11.9. The predicted molar refractivity (Wildman–Crippen MR) is 61.0 cm³/mol. The molecule has 1 heterocycles. The first-order valence-electron chi connectivity index (χ1n) is 4.32. The van der Waals surface area contributed by atoms with Crippen LogP contribution in [0.15, 0.2) is 24.4 Å². The minimum absolute atomic E-state index is 0.00835. The quantitative estimate of drug-likeness (QED) is 0.868. The summed E-state index contributed by atoms with van der Waals surface area (Å²) in [6, 6.07) is 5.02. The van der Waals surface area contributed by atoms with Crippen molar-refractivity contribution >= 4 is 29.2 Å². The Morgan fingerprint density at radius 2 is 1.94 bits per heavy atom. The van der Waals surface area contributed by atoms with E-state index in [1.165, 1.54) is 6.20 Å². The van der Waals surface area contributed by atoms with Gasteiger partial charge in [0.25, 0.3) is 0 Å². The van der Waals surface area contributed by atoms with Crippen molar-refractivity contribution in [2.75, 3.05) is 0 Å². The maximum atomic E-state index is 10.7. The molecule has 0 bridgehead atoms. The van der Waals surface area contributed by atoms with Crippen molar-refractivity contribution in [3.63, 3.8) is 0 Å². The molecule has 2 rings (SSSR count). The van der Waals surface area contributed by atoms with Crippen molar-refractivity contribution < 1.29 is 9.90 Å². The number of aromatic carboxylic acids is 1. The van der Waals surface area contributed by atoms with Gasteiger partial charge in [-0.05, 0) is 12.1 Å². The number of aromatic nitrogens is 2. The Morgan fingerprint density at radius 1 is 1.31 bits per heavy atom. The van der Waals surface area contributed by atoms with E-state index < -0.39 is 5.97 Å². The standard InChI is InChI=1S/C10H6Cl2N2O2/c11-5-2-1-3-6(12)8(5)9-13-4-7(14-9)10(15)16/h1-4H,(H,13,14)(H,15,16). The lowest BCUT2D eigenvalue weighted by Gasteiger charge is -2.02. The highest BCUT2D eigenvalue weighted by atomic mass is 35.5. The van der Waals surface area contributed by atoms with E-state index in [0.29, 0.717) is 21.4 Å². The number of nitrogens with zero attached hydrogens (tertiary/aromatic N) is 1. The number of hydrogen-bond donors (Lipinski definition) is 2. The van der Waals surface area contributed by atoms with E-state index in [2.05, 4.69) is 9.97 Å². The highest BCUT2D eigenvalue weighted by Crippen LogP contribution is 2.32. The molecule has 0 fully saturated rings. The van der Waals surface area contributed by atoms with Crippen molar-refractivity contribution in [1.29, 1.82) is 0 Å². The van der Waals surface area contributed by atoms with Gasteiger partial charge in [-0.3, -0.25) is 0 Å². The molecular formula is C10H6Cl2N2O2. The van der Waals surface area contributed by atoms with Crippen LogP contribution in [0.5, 0.6) is 0 Å². The van der Waals surface area contributed by atoms with Gasteiger partial charge < -0.3 is 10.1 Å². The Morgan fingerprint density at radius 3 is 2.44 bits per heavy atom. The van der Waals surface area contributed by atoms with Crippen LogP contribution in [0.4, 0.5) is 0 Å². The minimum Gasteiger partial charge on any atom is -0.477 e. The molecule has 0 saturated heterocycles. The van der Waals surface area contributed by atoms with Crippen LogP contribution in [0, 0.1) is 0 Å². The van der Waals surface area contributed by atoms with Crippen LogP contribution in [0.2, 0.25) is 10.0 Å². The summed E-state index contributed by atoms with van der Waals surface area (Å²) in [7, 11) is 0. The van der Waals surface area contributed by atoms with Crippen molar-refractivity contribution in [3.05, 3.63) is 40.1 Å². The number of H-pyrrole nitrogens is 1. The fourth-order valence-corrected chi connectivity index (χ4v) is 1.86. The van der Waals surface area contributed by atoms with Crippen LogP contribution in [0.1, 0.15) is 10.5 Å². The van der Waals surface area contributed by atoms with Gasteiger partial charge in [0.05, 0.1) is 21.8 Å². The van der Waals surface area contributed by atoms with Crippen LogP contribution >= 0.6 is 23.2 Å². The second-order valence-corrected chi connectivity index (χ2v) is 3.86. The van der Waals surface area contributed by atoms with Crippen LogP contribution in [0.25, 0.3) is 11.4 Å². The monoisotopic (exact) mass is 256 g/mol. The lowest BCUT2D eigenvalue weighted by Crippen LogP contribution is -1.95. The molecule has 0 saturated carbocycles. The molecule has 2 N–H and O–H groups in total. The molecule has 0 radical (unpaired) electrons. The van der Waals surface area contributed by atoms with E-state index in [-0.39, 0.29) is 5.69 Å². The van der Waals surface area contributed by atoms with Gasteiger partial charge in [-0.2, -0.15) is 0 Å². The zero-order chi connectivity index (χ0) is 11.7. The van der Waals surface area contributed by atoms with Gasteiger partial charge in [-0.1, -0.05) is 29.3 Å². The van der Waals surface area contributed by atoms with Crippen LogP contribution < -0.4 is 0 Å². The number of carboxylic acids is 1. The summed E-state index contributed by atoms with van der Waals surface area (Å²) in [6.07, 6.45) is 1.22. The molecule has 82 valence electrons. The summed E-state index contributed by atoms with van der Waals surface area (Å²) in [4.78, 5) is 17.2. The van der Waals surface area contributed by atoms with E-state index in [4.69, 9.17) is 28.3 Å². The van der Waals surface area contributed by atoms with Gasteiger partial charge in [-0.25, -0.2) is 9.78 Å². The van der Waals surface area contributed by atoms with Crippen LogP contribution in [-0.2, 0) is 0 Å². The molecule has 6 heteroatoms. The highest BCUT2D eigenvalue weighted by Gasteiger charge is 2.13. The van der Waals surface area contributed by atoms with Crippen molar-refractivity contribution in [1.82, 2.24) is 9.97 Å². The molecule has 1 aromatic carbocycles. The lowest BCUT2D eigenvalue weighted by molar-refractivity contribution is 0.0691. The summed E-state index contributed by atoms with van der Waals surface area (Å²) in [5, 5.41) is 9.58. The predicted octanol–water partition coefficient (Wildman–Crippen LogP) is 3.08. The van der Waals surface area contributed by atoms with Gasteiger partial charge in [0, 0.05) is 0 Å². The largest absolute Gasteiger partial charge is 0.477 e. The van der Waals surface area contributed by atoms with Gasteiger partial charge in [0.15, 0.2) is 0 Å². The summed E-state index contributed by atoms with van der Waals surface area (Å²) in [5.41, 5.74) is 0.490. The summed E-state index contributed by atoms with van der Waals surface area (Å²) in [6.45, 7) is 0. The Labute approximate surface area is 101 Å². The number of imidazole rings is 1. The van der Waals surface area contributed by atoms with Gasteiger partial charge in [-0.15, -0.1) is 0 Å². The fraction of sp³-hybridized carbons (Fsp3) is 0. The van der Waals surface area contributed by atoms with Crippen LogP contribution in [-0.4, -0.2) is 21.0 Å². The summed E-state index contributed by atoms with van der Waals surface area (Å²) in [5.74, 6) is -0.741. The number of halogens is 2. The molecule has 0 atom stereocenters. The number of nitrogens with one attached hydrogen (secondary N) is 1. The Bertz CT molecular complexity index is 531. The normalized spacial score (nSPS) is 10.4. The Balaban J connectivity index is 2.54. The summed E-state index contributed by atoms with van der Waals surface area (Å²) < 4.78 is 0. The molecule has 0 spiro atoms.